The molecule has 106 valence electrons. The lowest BCUT2D eigenvalue weighted by atomic mass is 10.0. The molecule has 0 radical (unpaired) electrons. The number of hydrogen-bond donors (Lipinski definition) is 2. The second-order valence-electron chi connectivity index (χ2n) is 5.42. The predicted octanol–water partition coefficient (Wildman–Crippen LogP) is 2.57. The molecule has 1 aliphatic carbocycles. The van der Waals surface area contributed by atoms with Gasteiger partial charge in [0.2, 0.25) is 0 Å². The molecule has 2 N–H and O–H groups in total. The average Bonchev–Trinajstić information content (AvgIpc) is 2.87. The molecule has 2 atom stereocenters. The maximum atomic E-state index is 12.1. The summed E-state index contributed by atoms with van der Waals surface area (Å²) in [6.45, 7) is 4.20. The Balaban J connectivity index is 1.96. The highest BCUT2D eigenvalue weighted by Crippen LogP contribution is 2.19. The van der Waals surface area contributed by atoms with Crippen LogP contribution in [0.15, 0.2) is 36.4 Å². The van der Waals surface area contributed by atoms with E-state index in [1.165, 1.54) is 5.56 Å². The van der Waals surface area contributed by atoms with Crippen molar-refractivity contribution in [2.24, 2.45) is 5.92 Å². The highest BCUT2D eigenvalue weighted by molar-refractivity contribution is 5.94. The third-order valence-corrected chi connectivity index (χ3v) is 3.56. The number of carboxylic acid groups (broad SMARTS) is 1. The summed E-state index contributed by atoms with van der Waals surface area (Å²) in [5, 5.41) is 11.7. The molecular formula is C16H19NO3. The molecule has 2 rings (SSSR count). The fourth-order valence-corrected chi connectivity index (χ4v) is 2.26. The molecule has 0 fully saturated rings. The number of aliphatic carboxylic acids is 1. The van der Waals surface area contributed by atoms with Crippen LogP contribution in [-0.2, 0) is 4.79 Å². The van der Waals surface area contributed by atoms with Gasteiger partial charge in [-0.15, -0.1) is 0 Å². The number of carbonyl (C=O) groups excluding carboxylic acids is 1. The monoisotopic (exact) mass is 273 g/mol. The van der Waals surface area contributed by atoms with Crippen molar-refractivity contribution in [3.8, 4) is 0 Å². The van der Waals surface area contributed by atoms with Gasteiger partial charge in [0, 0.05) is 11.6 Å². The van der Waals surface area contributed by atoms with Crippen molar-refractivity contribution in [1.82, 2.24) is 5.32 Å². The van der Waals surface area contributed by atoms with E-state index in [0.29, 0.717) is 17.9 Å². The minimum absolute atomic E-state index is 0.166. The van der Waals surface area contributed by atoms with Crippen LogP contribution in [0.5, 0.6) is 0 Å². The Morgan fingerprint density at radius 2 is 1.85 bits per heavy atom. The highest BCUT2D eigenvalue weighted by Gasteiger charge is 2.25. The van der Waals surface area contributed by atoms with Crippen LogP contribution >= 0.6 is 0 Å². The second kappa shape index (κ2) is 5.90. The van der Waals surface area contributed by atoms with Crippen molar-refractivity contribution in [3.05, 3.63) is 47.5 Å². The molecule has 1 aliphatic rings. The quantitative estimate of drug-likeness (QED) is 0.829. The Morgan fingerprint density at radius 3 is 2.35 bits per heavy atom. The van der Waals surface area contributed by atoms with Gasteiger partial charge in [0.15, 0.2) is 0 Å². The van der Waals surface area contributed by atoms with Crippen molar-refractivity contribution >= 4 is 11.9 Å². The van der Waals surface area contributed by atoms with Crippen LogP contribution in [0.25, 0.3) is 0 Å². The maximum Gasteiger partial charge on any atom is 0.310 e. The van der Waals surface area contributed by atoms with Gasteiger partial charge in [-0.25, -0.2) is 0 Å². The molecule has 1 aromatic carbocycles. The van der Waals surface area contributed by atoms with Crippen LogP contribution in [0.2, 0.25) is 0 Å². The van der Waals surface area contributed by atoms with E-state index in [-0.39, 0.29) is 11.9 Å². The lowest BCUT2D eigenvalue weighted by Gasteiger charge is -2.13. The van der Waals surface area contributed by atoms with Crippen molar-refractivity contribution in [3.63, 3.8) is 0 Å². The highest BCUT2D eigenvalue weighted by atomic mass is 16.4. The van der Waals surface area contributed by atoms with Gasteiger partial charge in [0.1, 0.15) is 0 Å². The fraction of sp³-hybridized carbons (Fsp3) is 0.375. The molecule has 0 bridgehead atoms. The van der Waals surface area contributed by atoms with Gasteiger partial charge in [0.25, 0.3) is 5.91 Å². The first kappa shape index (κ1) is 14.3. The second-order valence-corrected chi connectivity index (χ2v) is 5.42. The number of benzene rings is 1. The van der Waals surface area contributed by atoms with Crippen molar-refractivity contribution in [2.75, 3.05) is 0 Å². The van der Waals surface area contributed by atoms with Gasteiger partial charge in [-0.3, -0.25) is 9.59 Å². The van der Waals surface area contributed by atoms with Gasteiger partial charge in [-0.2, -0.15) is 0 Å². The minimum Gasteiger partial charge on any atom is -0.481 e. The molecule has 2 unspecified atom stereocenters. The first-order valence-corrected chi connectivity index (χ1v) is 6.79. The van der Waals surface area contributed by atoms with E-state index in [1.807, 2.05) is 12.1 Å². The lowest BCUT2D eigenvalue weighted by molar-refractivity contribution is -0.140. The Kier molecular flexibility index (Phi) is 4.23. The van der Waals surface area contributed by atoms with Gasteiger partial charge >= 0.3 is 5.97 Å². The Bertz CT molecular complexity index is 531. The van der Waals surface area contributed by atoms with E-state index >= 15 is 0 Å². The van der Waals surface area contributed by atoms with Gasteiger partial charge in [-0.1, -0.05) is 38.1 Å². The predicted molar refractivity (Wildman–Crippen MR) is 76.7 cm³/mol. The summed E-state index contributed by atoms with van der Waals surface area (Å²) in [5.41, 5.74) is 1.79. The van der Waals surface area contributed by atoms with E-state index in [9.17, 15) is 9.59 Å². The molecule has 0 saturated carbocycles. The largest absolute Gasteiger partial charge is 0.481 e. The van der Waals surface area contributed by atoms with Crippen LogP contribution < -0.4 is 5.32 Å². The van der Waals surface area contributed by atoms with Gasteiger partial charge in [-0.05, 0) is 30.0 Å². The van der Waals surface area contributed by atoms with E-state index in [1.54, 1.807) is 24.3 Å². The third kappa shape index (κ3) is 3.26. The molecule has 20 heavy (non-hydrogen) atoms. The zero-order valence-electron chi connectivity index (χ0n) is 11.7. The maximum absolute atomic E-state index is 12.1. The third-order valence-electron chi connectivity index (χ3n) is 3.56. The van der Waals surface area contributed by atoms with Crippen LogP contribution in [0.3, 0.4) is 0 Å². The summed E-state index contributed by atoms with van der Waals surface area (Å²) >= 11 is 0. The summed E-state index contributed by atoms with van der Waals surface area (Å²) in [5.74, 6) is -1.08. The number of carboxylic acids is 1. The zero-order valence-corrected chi connectivity index (χ0v) is 11.7. The minimum atomic E-state index is -0.848. The van der Waals surface area contributed by atoms with Crippen LogP contribution in [0.1, 0.15) is 42.1 Å². The van der Waals surface area contributed by atoms with Gasteiger partial charge < -0.3 is 10.4 Å². The van der Waals surface area contributed by atoms with Crippen molar-refractivity contribution < 1.29 is 14.7 Å². The standard InChI is InChI=1S/C16H19NO3/c1-10(2)11-3-5-12(6-4-11)15(18)17-14-8-7-13(9-14)16(19)20/h3-8,10,13-14H,9H2,1-2H3,(H,17,18)(H,19,20). The van der Waals surface area contributed by atoms with Crippen molar-refractivity contribution in [1.29, 1.82) is 0 Å². The Labute approximate surface area is 118 Å². The first-order chi connectivity index (χ1) is 9.47. The van der Waals surface area contributed by atoms with E-state index in [4.69, 9.17) is 5.11 Å². The van der Waals surface area contributed by atoms with Crippen molar-refractivity contribution in [2.45, 2.75) is 32.2 Å². The molecule has 1 amide bonds. The Hall–Kier alpha value is -2.10. The van der Waals surface area contributed by atoms with E-state index in [2.05, 4.69) is 19.2 Å². The Morgan fingerprint density at radius 1 is 1.20 bits per heavy atom. The summed E-state index contributed by atoms with van der Waals surface area (Å²) < 4.78 is 0. The van der Waals surface area contributed by atoms with Crippen LogP contribution in [0.4, 0.5) is 0 Å². The molecule has 0 saturated heterocycles. The van der Waals surface area contributed by atoms with E-state index in [0.717, 1.165) is 0 Å². The average molecular weight is 273 g/mol. The number of amides is 1. The van der Waals surface area contributed by atoms with Crippen LogP contribution in [-0.4, -0.2) is 23.0 Å². The number of carbonyl (C=O) groups is 2. The summed E-state index contributed by atoms with van der Waals surface area (Å²) in [6, 6.07) is 7.30. The smallest absolute Gasteiger partial charge is 0.310 e. The molecule has 0 heterocycles. The normalized spacial score (nSPS) is 21.1. The number of nitrogens with one attached hydrogen (secondary N) is 1. The summed E-state index contributed by atoms with van der Waals surface area (Å²) in [4.78, 5) is 22.9. The topological polar surface area (TPSA) is 66.4 Å². The fourth-order valence-electron chi connectivity index (χ4n) is 2.26. The molecule has 0 aromatic heterocycles. The van der Waals surface area contributed by atoms with Gasteiger partial charge in [0.05, 0.1) is 5.92 Å². The molecule has 0 spiro atoms. The number of hydrogen-bond acceptors (Lipinski definition) is 2. The lowest BCUT2D eigenvalue weighted by Crippen LogP contribution is -2.33. The van der Waals surface area contributed by atoms with E-state index < -0.39 is 11.9 Å². The van der Waals surface area contributed by atoms with Crippen LogP contribution in [0, 0.1) is 5.92 Å². The molecule has 4 nitrogen and oxygen atoms in total. The SMILES string of the molecule is CC(C)c1ccc(C(=O)NC2C=CC(C(=O)O)C2)cc1. The summed E-state index contributed by atoms with van der Waals surface area (Å²) in [7, 11) is 0. The molecule has 4 heteroatoms. The number of rotatable bonds is 4. The molecular weight excluding hydrogens is 254 g/mol. The summed E-state index contributed by atoms with van der Waals surface area (Å²) in [6.07, 6.45) is 3.81. The molecule has 0 aliphatic heterocycles. The molecule has 1 aromatic rings. The first-order valence-electron chi connectivity index (χ1n) is 6.79. The zero-order chi connectivity index (χ0) is 14.7.